The van der Waals surface area contributed by atoms with Gasteiger partial charge in [-0.05, 0) is 51.9 Å². The molecule has 4 fully saturated rings. The van der Waals surface area contributed by atoms with E-state index in [0.29, 0.717) is 19.5 Å². The molecule has 8 heteroatoms. The Morgan fingerprint density at radius 1 is 1.17 bits per heavy atom. The van der Waals surface area contributed by atoms with Crippen LogP contribution >= 0.6 is 11.8 Å². The lowest BCUT2D eigenvalue weighted by Gasteiger charge is -2.41. The minimum absolute atomic E-state index is 0.0108. The number of aliphatic hydroxyl groups excluding tert-OH is 1. The van der Waals surface area contributed by atoms with Crippen LogP contribution in [0.2, 0.25) is 0 Å². The fourth-order valence-electron chi connectivity index (χ4n) is 7.21. The van der Waals surface area contributed by atoms with Gasteiger partial charge in [0.2, 0.25) is 11.8 Å². The van der Waals surface area contributed by atoms with E-state index >= 15 is 0 Å². The van der Waals surface area contributed by atoms with Crippen LogP contribution in [0.5, 0.6) is 0 Å². The number of aliphatic hydroxyl groups is 1. The Labute approximate surface area is 219 Å². The summed E-state index contributed by atoms with van der Waals surface area (Å²) in [4.78, 5) is 45.6. The lowest BCUT2D eigenvalue weighted by Crippen LogP contribution is -2.57. The Balaban J connectivity index is 1.70. The van der Waals surface area contributed by atoms with Gasteiger partial charge in [0.15, 0.2) is 0 Å². The van der Waals surface area contributed by atoms with Crippen molar-refractivity contribution >= 4 is 29.5 Å². The molecular formula is C28H42N2O5S. The summed E-state index contributed by atoms with van der Waals surface area (Å²) in [5, 5.41) is 9.23. The van der Waals surface area contributed by atoms with Crippen molar-refractivity contribution in [3.05, 3.63) is 25.3 Å². The molecule has 200 valence electrons. The third-order valence-electron chi connectivity index (χ3n) is 8.79. The van der Waals surface area contributed by atoms with Crippen LogP contribution < -0.4 is 0 Å². The Bertz CT molecular complexity index is 874. The van der Waals surface area contributed by atoms with Crippen molar-refractivity contribution in [2.24, 2.45) is 11.8 Å². The predicted molar refractivity (Wildman–Crippen MR) is 141 cm³/mol. The first kappa shape index (κ1) is 27.2. The number of amides is 2. The number of unbranched alkanes of at least 4 members (excludes halogenated alkanes) is 2. The van der Waals surface area contributed by atoms with Crippen LogP contribution in [0.4, 0.5) is 0 Å². The molecule has 4 aliphatic rings. The predicted octanol–water partition coefficient (Wildman–Crippen LogP) is 3.71. The highest BCUT2D eigenvalue weighted by Gasteiger charge is 2.77. The minimum atomic E-state index is -0.619. The van der Waals surface area contributed by atoms with Crippen molar-refractivity contribution in [2.45, 2.75) is 92.7 Å². The molecule has 5 atom stereocenters. The number of hydrogen-bond acceptors (Lipinski definition) is 6. The van der Waals surface area contributed by atoms with Crippen LogP contribution in [-0.4, -0.2) is 80.6 Å². The summed E-state index contributed by atoms with van der Waals surface area (Å²) >= 11 is 1.69. The van der Waals surface area contributed by atoms with Gasteiger partial charge in [-0.1, -0.05) is 38.0 Å². The fraction of sp³-hybridized carbons (Fsp3) is 0.750. The van der Waals surface area contributed by atoms with Gasteiger partial charge in [-0.2, -0.15) is 0 Å². The lowest BCUT2D eigenvalue weighted by molar-refractivity contribution is -0.154. The first-order valence-corrected chi connectivity index (χ1v) is 14.5. The summed E-state index contributed by atoms with van der Waals surface area (Å²) in [6.07, 6.45) is 12.4. The number of hydrogen-bond donors (Lipinski definition) is 1. The highest BCUT2D eigenvalue weighted by molar-refractivity contribution is 8.02. The van der Waals surface area contributed by atoms with E-state index in [1.165, 1.54) is 6.42 Å². The van der Waals surface area contributed by atoms with Gasteiger partial charge in [-0.15, -0.1) is 18.3 Å². The second-order valence-corrected chi connectivity index (χ2v) is 12.9. The van der Waals surface area contributed by atoms with Crippen molar-refractivity contribution in [1.29, 1.82) is 0 Å². The molecule has 2 amide bonds. The maximum atomic E-state index is 14.5. The van der Waals surface area contributed by atoms with Gasteiger partial charge in [0.25, 0.3) is 0 Å². The van der Waals surface area contributed by atoms with Crippen LogP contribution in [-0.2, 0) is 19.1 Å². The minimum Gasteiger partial charge on any atom is -0.461 e. The maximum Gasteiger partial charge on any atom is 0.311 e. The first-order chi connectivity index (χ1) is 17.3. The zero-order valence-electron chi connectivity index (χ0n) is 21.7. The van der Waals surface area contributed by atoms with Crippen molar-refractivity contribution < 1.29 is 24.2 Å². The van der Waals surface area contributed by atoms with Gasteiger partial charge in [0.05, 0.1) is 16.6 Å². The number of nitrogens with zero attached hydrogens (tertiary/aromatic N) is 2. The number of esters is 1. The Kier molecular flexibility index (Phi) is 8.55. The fourth-order valence-corrected chi connectivity index (χ4v) is 9.55. The van der Waals surface area contributed by atoms with Gasteiger partial charge in [-0.25, -0.2) is 0 Å². The molecule has 1 saturated carbocycles. The van der Waals surface area contributed by atoms with E-state index in [-0.39, 0.29) is 37.0 Å². The average molecular weight is 519 g/mol. The largest absolute Gasteiger partial charge is 0.461 e. The second-order valence-electron chi connectivity index (χ2n) is 11.0. The van der Waals surface area contributed by atoms with Gasteiger partial charge >= 0.3 is 5.97 Å². The van der Waals surface area contributed by atoms with E-state index < -0.39 is 27.4 Å². The second kappa shape index (κ2) is 11.3. The molecule has 3 heterocycles. The molecule has 2 bridgehead atoms. The number of carbonyl (C=O) groups is 3. The summed E-state index contributed by atoms with van der Waals surface area (Å²) in [6, 6.07) is -0.423. The Morgan fingerprint density at radius 2 is 1.92 bits per heavy atom. The van der Waals surface area contributed by atoms with Gasteiger partial charge < -0.3 is 19.6 Å². The molecule has 2 unspecified atom stereocenters. The quantitative estimate of drug-likeness (QED) is 0.241. The number of ether oxygens (including phenoxy) is 1. The average Bonchev–Trinajstić information content (AvgIpc) is 3.44. The van der Waals surface area contributed by atoms with E-state index in [1.54, 1.807) is 28.8 Å². The summed E-state index contributed by atoms with van der Waals surface area (Å²) in [7, 11) is 0. The van der Waals surface area contributed by atoms with Crippen LogP contribution in [0, 0.1) is 11.8 Å². The number of rotatable bonds is 12. The number of fused-ring (bicyclic) bond motifs is 1. The number of carbonyl (C=O) groups excluding carboxylic acids is 3. The van der Waals surface area contributed by atoms with E-state index in [2.05, 4.69) is 20.1 Å². The maximum absolute atomic E-state index is 14.5. The van der Waals surface area contributed by atoms with Gasteiger partial charge in [-0.3, -0.25) is 14.4 Å². The van der Waals surface area contributed by atoms with Crippen molar-refractivity contribution in [1.82, 2.24) is 9.80 Å². The van der Waals surface area contributed by atoms with E-state index in [4.69, 9.17) is 4.74 Å². The van der Waals surface area contributed by atoms with E-state index in [9.17, 15) is 19.5 Å². The zero-order valence-corrected chi connectivity index (χ0v) is 22.5. The highest BCUT2D eigenvalue weighted by atomic mass is 32.2. The van der Waals surface area contributed by atoms with Crippen LogP contribution in [0.3, 0.4) is 0 Å². The molecule has 0 aromatic carbocycles. The molecular weight excluding hydrogens is 476 g/mol. The molecule has 36 heavy (non-hydrogen) atoms. The molecule has 0 radical (unpaired) electrons. The zero-order chi connectivity index (χ0) is 25.9. The van der Waals surface area contributed by atoms with Crippen LogP contribution in [0.1, 0.15) is 71.1 Å². The van der Waals surface area contributed by atoms with Crippen LogP contribution in [0.15, 0.2) is 25.3 Å². The summed E-state index contributed by atoms with van der Waals surface area (Å²) < 4.78 is 4.45. The van der Waals surface area contributed by atoms with Crippen molar-refractivity contribution in [3.8, 4) is 0 Å². The molecule has 1 N–H and O–H groups in total. The lowest BCUT2D eigenvalue weighted by atomic mass is 9.66. The molecule has 0 aromatic heterocycles. The third kappa shape index (κ3) is 4.64. The van der Waals surface area contributed by atoms with Crippen molar-refractivity contribution in [2.75, 3.05) is 26.3 Å². The SMILES string of the molecule is C=CCOC(=O)[C@@H]1[C@H]2C(=O)N(CCCCCO)C(C(=O)N(CC=C)C3CCCCC3)C23CC[C@@]1(C)S3. The van der Waals surface area contributed by atoms with Gasteiger partial charge in [0, 0.05) is 30.5 Å². The van der Waals surface area contributed by atoms with Crippen LogP contribution in [0.25, 0.3) is 0 Å². The topological polar surface area (TPSA) is 87.1 Å². The smallest absolute Gasteiger partial charge is 0.311 e. The molecule has 3 aliphatic heterocycles. The molecule has 1 aliphatic carbocycles. The summed E-state index contributed by atoms with van der Waals surface area (Å²) in [6.45, 7) is 10.8. The standard InChI is InChI=1S/C28H42N2O5S/c1-4-16-29(20-12-8-6-9-13-20)25(33)23-28-15-14-27(3,36-28)22(26(34)35-19-5-2)21(28)24(32)30(23)17-10-7-11-18-31/h4-5,20-23,31H,1-2,6-19H2,3H3/t21-,22-,23?,27+,28?/m0/s1. The molecule has 0 aromatic rings. The third-order valence-corrected chi connectivity index (χ3v) is 10.8. The normalized spacial score (nSPS) is 33.4. The Hall–Kier alpha value is -1.80. The van der Waals surface area contributed by atoms with E-state index in [1.807, 2.05) is 4.90 Å². The Morgan fingerprint density at radius 3 is 2.58 bits per heavy atom. The monoisotopic (exact) mass is 518 g/mol. The molecule has 7 nitrogen and oxygen atoms in total. The van der Waals surface area contributed by atoms with Gasteiger partial charge in [0.1, 0.15) is 12.6 Å². The highest BCUT2D eigenvalue weighted by Crippen LogP contribution is 2.71. The number of likely N-dealkylation sites (tertiary alicyclic amines) is 1. The first-order valence-electron chi connectivity index (χ1n) is 13.6. The molecule has 3 saturated heterocycles. The summed E-state index contributed by atoms with van der Waals surface area (Å²) in [5.41, 5.74) is 0. The number of thioether (sulfide) groups is 1. The summed E-state index contributed by atoms with van der Waals surface area (Å²) in [5.74, 6) is -1.55. The van der Waals surface area contributed by atoms with E-state index in [0.717, 1.165) is 51.4 Å². The van der Waals surface area contributed by atoms with Crippen molar-refractivity contribution in [3.63, 3.8) is 0 Å². The molecule has 1 spiro atoms. The molecule has 4 rings (SSSR count).